The lowest BCUT2D eigenvalue weighted by Gasteiger charge is -2.31. The molecule has 3 rings (SSSR count). The number of ether oxygens (including phenoxy) is 2. The summed E-state index contributed by atoms with van der Waals surface area (Å²) in [5.74, 6) is -15.7. The number of fused-ring (bicyclic) bond motifs is 1. The molecule has 2 N–H and O–H groups in total. The average Bonchev–Trinajstić information content (AvgIpc) is 3.23. The van der Waals surface area contributed by atoms with Crippen molar-refractivity contribution in [3.63, 3.8) is 0 Å². The van der Waals surface area contributed by atoms with E-state index in [-0.39, 0.29) is 13.2 Å². The maximum Gasteiger partial charge on any atom is 0.293 e. The molecule has 1 saturated carbocycles. The molecule has 1 fully saturated rings. The molecule has 0 radical (unpaired) electrons. The molecular weight excluding hydrogens is 387 g/mol. The Bertz CT molecular complexity index is 950. The Labute approximate surface area is 156 Å². The lowest BCUT2D eigenvalue weighted by molar-refractivity contribution is -0.255. The van der Waals surface area contributed by atoms with Crippen LogP contribution in [0.25, 0.3) is 0 Å². The topological polar surface area (TPSA) is 104 Å². The van der Waals surface area contributed by atoms with Crippen molar-refractivity contribution in [3.05, 3.63) is 34.6 Å². The number of nitriles is 2. The minimum absolute atomic E-state index is 0.106. The van der Waals surface area contributed by atoms with Gasteiger partial charge in [-0.1, -0.05) is 0 Å². The molecule has 3 atom stereocenters. The first kappa shape index (κ1) is 20.0. The van der Waals surface area contributed by atoms with Crippen LogP contribution in [0.2, 0.25) is 0 Å². The van der Waals surface area contributed by atoms with E-state index in [4.69, 9.17) is 15.2 Å². The van der Waals surface area contributed by atoms with Crippen molar-refractivity contribution < 1.29 is 31.4 Å². The van der Waals surface area contributed by atoms with E-state index in [0.717, 1.165) is 0 Å². The molecule has 1 heterocycles. The minimum Gasteiger partial charge on any atom is -0.386 e. The Hall–Kier alpha value is -2.76. The van der Waals surface area contributed by atoms with Crippen molar-refractivity contribution in [3.8, 4) is 12.1 Å². The quantitative estimate of drug-likeness (QED) is 0.354. The second kappa shape index (κ2) is 6.12. The Morgan fingerprint density at radius 2 is 1.39 bits per heavy atom. The smallest absolute Gasteiger partial charge is 0.293 e. The normalized spacial score (nSPS) is 29.6. The van der Waals surface area contributed by atoms with Crippen molar-refractivity contribution >= 4 is 5.84 Å². The van der Waals surface area contributed by atoms with Gasteiger partial charge >= 0.3 is 0 Å². The van der Waals surface area contributed by atoms with E-state index in [9.17, 15) is 32.5 Å². The van der Waals surface area contributed by atoms with Crippen LogP contribution >= 0.6 is 0 Å². The third-order valence-electron chi connectivity index (χ3n) is 5.14. The summed E-state index contributed by atoms with van der Waals surface area (Å²) in [4.78, 5) is 3.91. The number of hydrogen-bond donors (Lipinski definition) is 1. The van der Waals surface area contributed by atoms with Gasteiger partial charge in [0.25, 0.3) is 5.91 Å². The van der Waals surface area contributed by atoms with E-state index < -0.39 is 63.1 Å². The van der Waals surface area contributed by atoms with Gasteiger partial charge in [0, 0.05) is 24.7 Å². The van der Waals surface area contributed by atoms with Gasteiger partial charge in [-0.2, -0.15) is 10.5 Å². The highest BCUT2D eigenvalue weighted by molar-refractivity contribution is 6.00. The van der Waals surface area contributed by atoms with Crippen molar-refractivity contribution in [2.45, 2.75) is 25.7 Å². The molecule has 1 aromatic rings. The molecule has 3 unspecified atom stereocenters. The number of aliphatic imine (C=N–C) groups is 1. The Balaban J connectivity index is 2.37. The first-order valence-corrected chi connectivity index (χ1v) is 8.14. The molecule has 148 valence electrons. The highest BCUT2D eigenvalue weighted by Gasteiger charge is 2.94. The van der Waals surface area contributed by atoms with Crippen LogP contribution in [0.4, 0.5) is 22.0 Å². The van der Waals surface area contributed by atoms with E-state index in [2.05, 4.69) is 4.99 Å². The molecule has 1 aromatic carbocycles. The van der Waals surface area contributed by atoms with Crippen LogP contribution in [0.1, 0.15) is 25.3 Å². The van der Waals surface area contributed by atoms with Crippen LogP contribution in [0.15, 0.2) is 4.99 Å². The third-order valence-corrected chi connectivity index (χ3v) is 5.14. The Kier molecular flexibility index (Phi) is 4.37. The van der Waals surface area contributed by atoms with Crippen molar-refractivity contribution in [2.75, 3.05) is 13.2 Å². The molecule has 0 amide bonds. The fourth-order valence-electron chi connectivity index (χ4n) is 4.06. The number of nitrogens with two attached hydrogens (primary N) is 1. The molecule has 11 heteroatoms. The van der Waals surface area contributed by atoms with Gasteiger partial charge in [0.2, 0.25) is 5.82 Å². The lowest BCUT2D eigenvalue weighted by Crippen LogP contribution is -2.43. The molecule has 28 heavy (non-hydrogen) atoms. The monoisotopic (exact) mass is 400 g/mol. The fourth-order valence-corrected chi connectivity index (χ4v) is 4.06. The van der Waals surface area contributed by atoms with Crippen LogP contribution in [0, 0.1) is 62.6 Å². The molecule has 6 nitrogen and oxygen atoms in total. The number of rotatable bonds is 5. The maximum absolute atomic E-state index is 14.5. The number of benzene rings is 1. The second-order valence-corrected chi connectivity index (χ2v) is 6.20. The largest absolute Gasteiger partial charge is 0.386 e. The molecule has 2 aliphatic rings. The third kappa shape index (κ3) is 1.88. The first-order valence-electron chi connectivity index (χ1n) is 8.14. The van der Waals surface area contributed by atoms with Crippen molar-refractivity contribution in [1.29, 1.82) is 10.5 Å². The molecule has 0 spiro atoms. The molecule has 0 saturated heterocycles. The highest BCUT2D eigenvalue weighted by atomic mass is 19.2. The summed E-state index contributed by atoms with van der Waals surface area (Å²) in [6.07, 6.45) is 0. The summed E-state index contributed by atoms with van der Waals surface area (Å²) in [5, 5.41) is 19.6. The van der Waals surface area contributed by atoms with Gasteiger partial charge in [0.15, 0.2) is 28.7 Å². The Morgan fingerprint density at radius 3 is 1.79 bits per heavy atom. The molecule has 0 bridgehead atoms. The van der Waals surface area contributed by atoms with E-state index in [1.54, 1.807) is 12.1 Å². The lowest BCUT2D eigenvalue weighted by atomic mass is 9.93. The number of halogens is 5. The number of hydrogen-bond acceptors (Lipinski definition) is 6. The zero-order valence-corrected chi connectivity index (χ0v) is 14.6. The van der Waals surface area contributed by atoms with Gasteiger partial charge in [-0.25, -0.2) is 26.9 Å². The fraction of sp³-hybridized carbons (Fsp3) is 0.471. The van der Waals surface area contributed by atoms with Gasteiger partial charge in [-0.05, 0) is 13.8 Å². The van der Waals surface area contributed by atoms with Gasteiger partial charge < -0.3 is 15.2 Å². The predicted molar refractivity (Wildman–Crippen MR) is 82.7 cm³/mol. The summed E-state index contributed by atoms with van der Waals surface area (Å²) in [6, 6.07) is 3.39. The minimum atomic E-state index is -2.36. The SMILES string of the molecule is CCOC1(OCC)N=C(N)C2(C#N)C(c3c(F)c(F)c(F)c(F)c3F)C12C#N. The van der Waals surface area contributed by atoms with E-state index in [1.165, 1.54) is 13.8 Å². The summed E-state index contributed by atoms with van der Waals surface area (Å²) in [5.41, 5.74) is 0.0371. The zero-order valence-electron chi connectivity index (χ0n) is 14.6. The van der Waals surface area contributed by atoms with E-state index >= 15 is 0 Å². The summed E-state index contributed by atoms with van der Waals surface area (Å²) in [7, 11) is 0. The number of nitrogens with zero attached hydrogens (tertiary/aromatic N) is 3. The average molecular weight is 400 g/mol. The zero-order chi connectivity index (χ0) is 21.1. The standard InChI is InChI=1S/C17H13F5N4O2/c1-3-27-17(28-4-2)16(6-24)13(15(16,5-23)14(25)26-17)7-8(18)10(20)12(22)11(21)9(7)19/h13H,3-4H2,1-2H3,(H2,25,26). The van der Waals surface area contributed by atoms with Gasteiger partial charge in [-0.15, -0.1) is 0 Å². The van der Waals surface area contributed by atoms with Crippen molar-refractivity contribution in [1.82, 2.24) is 0 Å². The van der Waals surface area contributed by atoms with Crippen LogP contribution in [-0.4, -0.2) is 25.0 Å². The van der Waals surface area contributed by atoms with Crippen molar-refractivity contribution in [2.24, 2.45) is 21.6 Å². The van der Waals surface area contributed by atoms with Crippen LogP contribution in [-0.2, 0) is 9.47 Å². The molecule has 1 aliphatic carbocycles. The summed E-state index contributed by atoms with van der Waals surface area (Å²) >= 11 is 0. The van der Waals surface area contributed by atoms with E-state index in [1.807, 2.05) is 0 Å². The van der Waals surface area contributed by atoms with Gasteiger partial charge in [0.05, 0.1) is 12.1 Å². The molecule has 0 aromatic heterocycles. The summed E-state index contributed by atoms with van der Waals surface area (Å²) in [6.45, 7) is 2.79. The molecule has 1 aliphatic heterocycles. The summed E-state index contributed by atoms with van der Waals surface area (Å²) < 4.78 is 80.7. The van der Waals surface area contributed by atoms with Crippen LogP contribution in [0.5, 0.6) is 0 Å². The first-order chi connectivity index (χ1) is 13.2. The van der Waals surface area contributed by atoms with E-state index in [0.29, 0.717) is 0 Å². The maximum atomic E-state index is 14.5. The van der Waals surface area contributed by atoms with Crippen LogP contribution < -0.4 is 5.73 Å². The highest BCUT2D eigenvalue weighted by Crippen LogP contribution is 2.82. The molecular formula is C17H13F5N4O2. The predicted octanol–water partition coefficient (Wildman–Crippen LogP) is 2.60. The van der Waals surface area contributed by atoms with Crippen LogP contribution in [0.3, 0.4) is 0 Å². The number of amidine groups is 1. The Morgan fingerprint density at radius 1 is 0.929 bits per heavy atom. The van der Waals surface area contributed by atoms with Gasteiger partial charge in [0.1, 0.15) is 11.3 Å². The van der Waals surface area contributed by atoms with Gasteiger partial charge in [-0.3, -0.25) is 0 Å². The second-order valence-electron chi connectivity index (χ2n) is 6.20.